The third-order valence-corrected chi connectivity index (χ3v) is 4.67. The number of carboxylic acid groups (broad SMARTS) is 1. The number of ether oxygens (including phenoxy) is 1. The van der Waals surface area contributed by atoms with Gasteiger partial charge in [-0.05, 0) is 38.1 Å². The molecule has 1 aliphatic heterocycles. The van der Waals surface area contributed by atoms with E-state index < -0.39 is 11.6 Å². The number of aliphatic carboxylic acids is 1. The number of carboxylic acids is 1. The number of amides is 1. The first kappa shape index (κ1) is 18.8. The van der Waals surface area contributed by atoms with Crippen LogP contribution in [0.15, 0.2) is 54.6 Å². The molecule has 1 aliphatic rings. The van der Waals surface area contributed by atoms with Crippen LogP contribution in [0.5, 0.6) is 5.75 Å². The summed E-state index contributed by atoms with van der Waals surface area (Å²) in [5.74, 6) is -0.449. The molecule has 142 valence electrons. The van der Waals surface area contributed by atoms with Crippen LogP contribution in [0.1, 0.15) is 24.2 Å². The molecule has 1 fully saturated rings. The molecule has 2 aromatic carbocycles. The molecule has 0 aromatic heterocycles. The average Bonchev–Trinajstić information content (AvgIpc) is 2.68. The van der Waals surface area contributed by atoms with E-state index in [1.165, 1.54) is 13.8 Å². The van der Waals surface area contributed by atoms with Crippen molar-refractivity contribution in [2.75, 3.05) is 31.1 Å². The van der Waals surface area contributed by atoms with Crippen LogP contribution in [0.25, 0.3) is 0 Å². The van der Waals surface area contributed by atoms with Gasteiger partial charge < -0.3 is 19.6 Å². The second kappa shape index (κ2) is 7.70. The number of hydrogen-bond acceptors (Lipinski definition) is 4. The highest BCUT2D eigenvalue weighted by molar-refractivity contribution is 5.94. The molecule has 1 heterocycles. The number of benzene rings is 2. The van der Waals surface area contributed by atoms with Crippen molar-refractivity contribution in [3.8, 4) is 5.75 Å². The number of hydrogen-bond donors (Lipinski definition) is 1. The summed E-state index contributed by atoms with van der Waals surface area (Å²) < 4.78 is 5.77. The molecule has 0 bridgehead atoms. The first-order valence-corrected chi connectivity index (χ1v) is 8.99. The van der Waals surface area contributed by atoms with Crippen LogP contribution >= 0.6 is 0 Å². The van der Waals surface area contributed by atoms with Gasteiger partial charge in [0, 0.05) is 31.7 Å². The number of carbonyl (C=O) groups excluding carboxylic acids is 1. The molecule has 0 radical (unpaired) electrons. The SMILES string of the molecule is CC(C)(Oc1ccccc1N1CCN(C(=O)c2ccccc2)CC1)C(=O)O. The minimum absolute atomic E-state index is 0.0341. The Hall–Kier alpha value is -3.02. The Morgan fingerprint density at radius 2 is 1.52 bits per heavy atom. The topological polar surface area (TPSA) is 70.1 Å². The van der Waals surface area contributed by atoms with E-state index in [0.29, 0.717) is 37.5 Å². The summed E-state index contributed by atoms with van der Waals surface area (Å²) in [5, 5.41) is 9.33. The van der Waals surface area contributed by atoms with Gasteiger partial charge in [0.05, 0.1) is 5.69 Å². The van der Waals surface area contributed by atoms with E-state index in [1.807, 2.05) is 53.4 Å². The van der Waals surface area contributed by atoms with Gasteiger partial charge in [-0.2, -0.15) is 0 Å². The van der Waals surface area contributed by atoms with Crippen LogP contribution in [0.3, 0.4) is 0 Å². The van der Waals surface area contributed by atoms with Crippen LogP contribution < -0.4 is 9.64 Å². The molecule has 27 heavy (non-hydrogen) atoms. The van der Waals surface area contributed by atoms with Gasteiger partial charge in [-0.1, -0.05) is 30.3 Å². The Morgan fingerprint density at radius 1 is 0.926 bits per heavy atom. The van der Waals surface area contributed by atoms with Crippen molar-refractivity contribution in [3.05, 3.63) is 60.2 Å². The third kappa shape index (κ3) is 4.22. The quantitative estimate of drug-likeness (QED) is 0.879. The number of piperazine rings is 1. The predicted octanol–water partition coefficient (Wildman–Crippen LogP) is 2.89. The van der Waals surface area contributed by atoms with Gasteiger partial charge in [-0.25, -0.2) is 4.79 Å². The van der Waals surface area contributed by atoms with E-state index >= 15 is 0 Å². The minimum atomic E-state index is -1.32. The molecule has 1 saturated heterocycles. The van der Waals surface area contributed by atoms with Crippen molar-refractivity contribution in [3.63, 3.8) is 0 Å². The Labute approximate surface area is 159 Å². The lowest BCUT2D eigenvalue weighted by Crippen LogP contribution is -2.49. The molecular formula is C21H24N2O4. The lowest BCUT2D eigenvalue weighted by atomic mass is 10.1. The van der Waals surface area contributed by atoms with Crippen LogP contribution in [0.4, 0.5) is 5.69 Å². The number of rotatable bonds is 5. The average molecular weight is 368 g/mol. The summed E-state index contributed by atoms with van der Waals surface area (Å²) >= 11 is 0. The maximum absolute atomic E-state index is 12.6. The highest BCUT2D eigenvalue weighted by Crippen LogP contribution is 2.32. The van der Waals surface area contributed by atoms with Crippen molar-refractivity contribution < 1.29 is 19.4 Å². The zero-order valence-electron chi connectivity index (χ0n) is 15.6. The first-order chi connectivity index (χ1) is 12.9. The molecular weight excluding hydrogens is 344 g/mol. The second-order valence-corrected chi connectivity index (χ2v) is 7.03. The molecule has 0 atom stereocenters. The monoisotopic (exact) mass is 368 g/mol. The third-order valence-electron chi connectivity index (χ3n) is 4.67. The number of nitrogens with zero attached hydrogens (tertiary/aromatic N) is 2. The fraction of sp³-hybridized carbons (Fsp3) is 0.333. The zero-order chi connectivity index (χ0) is 19.4. The molecule has 3 rings (SSSR count). The fourth-order valence-electron chi connectivity index (χ4n) is 3.04. The first-order valence-electron chi connectivity index (χ1n) is 8.99. The highest BCUT2D eigenvalue weighted by Gasteiger charge is 2.31. The van der Waals surface area contributed by atoms with Crippen molar-refractivity contribution in [2.24, 2.45) is 0 Å². The molecule has 0 aliphatic carbocycles. The summed E-state index contributed by atoms with van der Waals surface area (Å²) in [4.78, 5) is 27.9. The van der Waals surface area contributed by atoms with E-state index in [9.17, 15) is 14.7 Å². The predicted molar refractivity (Wildman–Crippen MR) is 103 cm³/mol. The number of carbonyl (C=O) groups is 2. The molecule has 2 aromatic rings. The largest absolute Gasteiger partial charge is 0.478 e. The van der Waals surface area contributed by atoms with Gasteiger partial charge in [-0.15, -0.1) is 0 Å². The van der Waals surface area contributed by atoms with Gasteiger partial charge in [-0.3, -0.25) is 4.79 Å². The molecule has 1 amide bonds. The Bertz CT molecular complexity index is 812. The standard InChI is InChI=1S/C21H24N2O4/c1-21(2,20(25)26)27-18-11-7-6-10-17(18)22-12-14-23(15-13-22)19(24)16-8-4-3-5-9-16/h3-11H,12-15H2,1-2H3,(H,25,26). The summed E-state index contributed by atoms with van der Waals surface area (Å²) in [6.07, 6.45) is 0. The lowest BCUT2D eigenvalue weighted by Gasteiger charge is -2.37. The van der Waals surface area contributed by atoms with E-state index in [4.69, 9.17) is 4.74 Å². The highest BCUT2D eigenvalue weighted by atomic mass is 16.5. The minimum Gasteiger partial charge on any atom is -0.478 e. The lowest BCUT2D eigenvalue weighted by molar-refractivity contribution is -0.152. The summed E-state index contributed by atoms with van der Waals surface area (Å²) in [6, 6.07) is 16.7. The number of para-hydroxylation sites is 2. The smallest absolute Gasteiger partial charge is 0.347 e. The van der Waals surface area contributed by atoms with Crippen LogP contribution in [-0.4, -0.2) is 53.7 Å². The maximum atomic E-state index is 12.6. The molecule has 6 nitrogen and oxygen atoms in total. The molecule has 6 heteroatoms. The molecule has 0 saturated carbocycles. The van der Waals surface area contributed by atoms with E-state index in [0.717, 1.165) is 5.69 Å². The van der Waals surface area contributed by atoms with E-state index in [1.54, 1.807) is 6.07 Å². The fourth-order valence-corrected chi connectivity index (χ4v) is 3.04. The summed E-state index contributed by atoms with van der Waals surface area (Å²) in [7, 11) is 0. The molecule has 0 spiro atoms. The van der Waals surface area contributed by atoms with E-state index in [-0.39, 0.29) is 5.91 Å². The zero-order valence-corrected chi connectivity index (χ0v) is 15.6. The van der Waals surface area contributed by atoms with Crippen LogP contribution in [-0.2, 0) is 4.79 Å². The summed E-state index contributed by atoms with van der Waals surface area (Å²) in [5.41, 5.74) is 0.220. The summed E-state index contributed by atoms with van der Waals surface area (Å²) in [6.45, 7) is 5.58. The van der Waals surface area contributed by atoms with Crippen molar-refractivity contribution in [2.45, 2.75) is 19.4 Å². The number of anilines is 1. The van der Waals surface area contributed by atoms with Gasteiger partial charge in [0.2, 0.25) is 0 Å². The molecule has 1 N–H and O–H groups in total. The van der Waals surface area contributed by atoms with E-state index in [2.05, 4.69) is 4.90 Å². The second-order valence-electron chi connectivity index (χ2n) is 7.03. The van der Waals surface area contributed by atoms with Gasteiger partial charge in [0.25, 0.3) is 5.91 Å². The van der Waals surface area contributed by atoms with Crippen LogP contribution in [0, 0.1) is 0 Å². The Morgan fingerprint density at radius 3 is 2.15 bits per heavy atom. The van der Waals surface area contributed by atoms with Crippen molar-refractivity contribution in [1.82, 2.24) is 4.90 Å². The van der Waals surface area contributed by atoms with Crippen molar-refractivity contribution >= 4 is 17.6 Å². The Balaban J connectivity index is 1.70. The van der Waals surface area contributed by atoms with Crippen molar-refractivity contribution in [1.29, 1.82) is 0 Å². The maximum Gasteiger partial charge on any atom is 0.347 e. The normalized spacial score (nSPS) is 14.7. The van der Waals surface area contributed by atoms with Gasteiger partial charge in [0.1, 0.15) is 5.75 Å². The van der Waals surface area contributed by atoms with Crippen LogP contribution in [0.2, 0.25) is 0 Å². The van der Waals surface area contributed by atoms with Gasteiger partial charge >= 0.3 is 5.97 Å². The Kier molecular flexibility index (Phi) is 5.35. The molecule has 0 unspecified atom stereocenters. The van der Waals surface area contributed by atoms with Gasteiger partial charge in [0.15, 0.2) is 5.60 Å².